The molecule has 116 valence electrons. The van der Waals surface area contributed by atoms with Crippen molar-refractivity contribution >= 4 is 34.3 Å². The van der Waals surface area contributed by atoms with Gasteiger partial charge >= 0.3 is 0 Å². The van der Waals surface area contributed by atoms with E-state index in [4.69, 9.17) is 0 Å². The Morgan fingerprint density at radius 3 is 2.70 bits per heavy atom. The Kier molecular flexibility index (Phi) is 4.57. The van der Waals surface area contributed by atoms with Gasteiger partial charge in [-0.3, -0.25) is 4.79 Å². The molecular formula is C18H16FN2OS+. The summed E-state index contributed by atoms with van der Waals surface area (Å²) in [5, 5.41) is 4.86. The average molecular weight is 327 g/mol. The zero-order valence-corrected chi connectivity index (χ0v) is 13.4. The second kappa shape index (κ2) is 6.79. The van der Waals surface area contributed by atoms with Crippen molar-refractivity contribution in [3.8, 4) is 0 Å². The van der Waals surface area contributed by atoms with Crippen molar-refractivity contribution in [2.45, 2.75) is 11.9 Å². The van der Waals surface area contributed by atoms with Crippen LogP contribution in [0.2, 0.25) is 0 Å². The molecule has 0 atom stereocenters. The van der Waals surface area contributed by atoms with Crippen molar-refractivity contribution in [3.05, 3.63) is 66.0 Å². The standard InChI is InChI=1S/C18H15FN2OS/c1-12-10-18(21-16-5-3-2-4-15(12)16)23-11-17(22)20-14-8-6-13(19)7-9-14/h2-10H,11H2,1H3,(H,20,22)/p+1. The minimum absolute atomic E-state index is 0.124. The van der Waals surface area contributed by atoms with Gasteiger partial charge in [-0.2, -0.15) is 4.98 Å². The molecule has 2 aromatic carbocycles. The first-order chi connectivity index (χ1) is 11.1. The molecule has 0 fully saturated rings. The van der Waals surface area contributed by atoms with Gasteiger partial charge < -0.3 is 5.32 Å². The molecule has 0 saturated heterocycles. The maximum Gasteiger partial charge on any atom is 0.239 e. The third kappa shape index (κ3) is 3.87. The van der Waals surface area contributed by atoms with Crippen LogP contribution in [-0.4, -0.2) is 11.7 Å². The molecule has 0 spiro atoms. The summed E-state index contributed by atoms with van der Waals surface area (Å²) in [5.74, 6) is -0.162. The number of carbonyl (C=O) groups excluding carboxylic acids is 1. The first kappa shape index (κ1) is 15.5. The van der Waals surface area contributed by atoms with Gasteiger partial charge in [0.05, 0.1) is 5.75 Å². The lowest BCUT2D eigenvalue weighted by Crippen LogP contribution is -2.16. The fourth-order valence-electron chi connectivity index (χ4n) is 2.33. The van der Waals surface area contributed by atoms with Crippen LogP contribution < -0.4 is 10.3 Å². The number of hydrogen-bond donors (Lipinski definition) is 1. The highest BCUT2D eigenvalue weighted by Gasteiger charge is 2.11. The normalized spacial score (nSPS) is 10.7. The maximum absolute atomic E-state index is 12.8. The number of nitrogens with one attached hydrogen (secondary N) is 2. The molecule has 3 rings (SSSR count). The van der Waals surface area contributed by atoms with Crippen molar-refractivity contribution in [2.24, 2.45) is 0 Å². The number of rotatable bonds is 4. The Hall–Kier alpha value is -2.40. The number of anilines is 1. The number of aromatic nitrogens is 1. The smallest absolute Gasteiger partial charge is 0.239 e. The molecule has 0 radical (unpaired) electrons. The van der Waals surface area contributed by atoms with Gasteiger partial charge in [-0.25, -0.2) is 4.39 Å². The van der Waals surface area contributed by atoms with E-state index < -0.39 is 0 Å². The molecule has 3 aromatic rings. The van der Waals surface area contributed by atoms with Crippen LogP contribution in [0.25, 0.3) is 10.9 Å². The monoisotopic (exact) mass is 327 g/mol. The SMILES string of the molecule is Cc1cc(SCC(=O)Nc2ccc(F)cc2)[nH+]c2ccccc12. The minimum atomic E-state index is -0.321. The fourth-order valence-corrected chi connectivity index (χ4v) is 3.13. The van der Waals surface area contributed by atoms with Crippen molar-refractivity contribution in [1.82, 2.24) is 0 Å². The number of thioether (sulfide) groups is 1. The summed E-state index contributed by atoms with van der Waals surface area (Å²) in [4.78, 5) is 15.3. The average Bonchev–Trinajstić information content (AvgIpc) is 2.55. The van der Waals surface area contributed by atoms with E-state index in [1.807, 2.05) is 24.3 Å². The summed E-state index contributed by atoms with van der Waals surface area (Å²) in [6.07, 6.45) is 0. The van der Waals surface area contributed by atoms with Crippen LogP contribution in [0.3, 0.4) is 0 Å². The predicted molar refractivity (Wildman–Crippen MR) is 91.0 cm³/mol. The maximum atomic E-state index is 12.8. The number of para-hydroxylation sites is 1. The molecule has 5 heteroatoms. The molecule has 0 unspecified atom stereocenters. The van der Waals surface area contributed by atoms with Gasteiger partial charge in [-0.1, -0.05) is 12.1 Å². The van der Waals surface area contributed by atoms with E-state index in [1.165, 1.54) is 34.8 Å². The topological polar surface area (TPSA) is 43.2 Å². The second-order valence-corrected chi connectivity index (χ2v) is 6.22. The van der Waals surface area contributed by atoms with E-state index in [0.717, 1.165) is 10.5 Å². The van der Waals surface area contributed by atoms with Gasteiger partial charge in [-0.05, 0) is 54.6 Å². The van der Waals surface area contributed by atoms with Crippen molar-refractivity contribution in [2.75, 3.05) is 11.1 Å². The van der Waals surface area contributed by atoms with Gasteiger partial charge in [0.2, 0.25) is 16.4 Å². The molecule has 3 nitrogen and oxygen atoms in total. The highest BCUT2D eigenvalue weighted by molar-refractivity contribution is 7.99. The number of amides is 1. The molecule has 1 aromatic heterocycles. The number of aromatic amines is 1. The first-order valence-corrected chi connectivity index (χ1v) is 8.20. The largest absolute Gasteiger partial charge is 0.325 e. The zero-order valence-electron chi connectivity index (χ0n) is 12.6. The number of H-pyrrole nitrogens is 1. The number of fused-ring (bicyclic) bond motifs is 1. The van der Waals surface area contributed by atoms with Crippen LogP contribution in [-0.2, 0) is 4.79 Å². The summed E-state index contributed by atoms with van der Waals surface area (Å²) in [7, 11) is 0. The summed E-state index contributed by atoms with van der Waals surface area (Å²) >= 11 is 1.44. The molecule has 0 aliphatic rings. The van der Waals surface area contributed by atoms with Crippen LogP contribution in [0, 0.1) is 12.7 Å². The molecular weight excluding hydrogens is 311 g/mol. The zero-order chi connectivity index (χ0) is 16.2. The van der Waals surface area contributed by atoms with Gasteiger partial charge in [0.15, 0.2) is 0 Å². The van der Waals surface area contributed by atoms with Gasteiger partial charge in [0.25, 0.3) is 0 Å². The highest BCUT2D eigenvalue weighted by atomic mass is 32.2. The van der Waals surface area contributed by atoms with Crippen LogP contribution in [0.5, 0.6) is 0 Å². The molecule has 0 bridgehead atoms. The lowest BCUT2D eigenvalue weighted by atomic mass is 10.1. The number of hydrogen-bond acceptors (Lipinski definition) is 2. The molecule has 0 aliphatic heterocycles. The Labute approximate surface area is 137 Å². The molecule has 2 N–H and O–H groups in total. The summed E-state index contributed by atoms with van der Waals surface area (Å²) < 4.78 is 12.8. The fraction of sp³-hybridized carbons (Fsp3) is 0.111. The van der Waals surface area contributed by atoms with E-state index in [9.17, 15) is 9.18 Å². The number of aryl methyl sites for hydroxylation is 1. The van der Waals surface area contributed by atoms with E-state index in [1.54, 1.807) is 12.1 Å². The Bertz CT molecular complexity index is 849. The molecule has 0 saturated carbocycles. The second-order valence-electron chi connectivity index (χ2n) is 5.21. The number of pyridine rings is 1. The van der Waals surface area contributed by atoms with Crippen LogP contribution in [0.15, 0.2) is 59.6 Å². The number of benzene rings is 2. The molecule has 1 heterocycles. The Balaban J connectivity index is 1.66. The van der Waals surface area contributed by atoms with E-state index >= 15 is 0 Å². The predicted octanol–water partition coefficient (Wildman–Crippen LogP) is 3.83. The third-order valence-corrected chi connectivity index (χ3v) is 4.38. The number of carbonyl (C=O) groups is 1. The molecule has 0 aliphatic carbocycles. The lowest BCUT2D eigenvalue weighted by molar-refractivity contribution is -0.395. The summed E-state index contributed by atoms with van der Waals surface area (Å²) in [6, 6.07) is 15.8. The minimum Gasteiger partial charge on any atom is -0.325 e. The highest BCUT2D eigenvalue weighted by Crippen LogP contribution is 2.20. The first-order valence-electron chi connectivity index (χ1n) is 7.22. The van der Waals surface area contributed by atoms with Gasteiger partial charge in [0.1, 0.15) is 5.82 Å². The van der Waals surface area contributed by atoms with Gasteiger partial charge in [-0.15, -0.1) is 0 Å². The van der Waals surface area contributed by atoms with E-state index in [2.05, 4.69) is 23.3 Å². The quantitative estimate of drug-likeness (QED) is 0.740. The van der Waals surface area contributed by atoms with Gasteiger partial charge in [0, 0.05) is 23.2 Å². The summed E-state index contributed by atoms with van der Waals surface area (Å²) in [5.41, 5.74) is 2.81. The lowest BCUT2D eigenvalue weighted by Gasteiger charge is -2.04. The van der Waals surface area contributed by atoms with E-state index in [0.29, 0.717) is 5.69 Å². The van der Waals surface area contributed by atoms with Crippen molar-refractivity contribution < 1.29 is 14.2 Å². The molecule has 1 amide bonds. The van der Waals surface area contributed by atoms with Crippen molar-refractivity contribution in [1.29, 1.82) is 0 Å². The molecule has 23 heavy (non-hydrogen) atoms. The number of halogens is 1. The van der Waals surface area contributed by atoms with Crippen LogP contribution in [0.1, 0.15) is 5.56 Å². The Morgan fingerprint density at radius 1 is 1.17 bits per heavy atom. The van der Waals surface area contributed by atoms with E-state index in [-0.39, 0.29) is 17.5 Å². The van der Waals surface area contributed by atoms with Crippen LogP contribution in [0.4, 0.5) is 10.1 Å². The third-order valence-electron chi connectivity index (χ3n) is 3.44. The van der Waals surface area contributed by atoms with Crippen molar-refractivity contribution in [3.63, 3.8) is 0 Å². The van der Waals surface area contributed by atoms with Crippen LogP contribution >= 0.6 is 11.8 Å². The Morgan fingerprint density at radius 2 is 1.91 bits per heavy atom. The summed E-state index contributed by atoms with van der Waals surface area (Å²) in [6.45, 7) is 2.05.